The van der Waals surface area contributed by atoms with Crippen molar-refractivity contribution in [1.29, 1.82) is 0 Å². The van der Waals surface area contributed by atoms with Crippen LogP contribution in [0.2, 0.25) is 0 Å². The number of Topliss-reactive ketones (excluding diaryl/α,β-unsaturated/α-hetero) is 1. The Bertz CT molecular complexity index is 1120. The molecule has 0 bridgehead atoms. The highest BCUT2D eigenvalue weighted by atomic mass is 32.2. The van der Waals surface area contributed by atoms with Crippen LogP contribution in [0.15, 0.2) is 48.5 Å². The molecule has 2 aromatic carbocycles. The minimum absolute atomic E-state index is 0.293. The zero-order valence-electron chi connectivity index (χ0n) is 14.2. The predicted octanol–water partition coefficient (Wildman–Crippen LogP) is 2.67. The quantitative estimate of drug-likeness (QED) is 0.473. The first-order valence-corrected chi connectivity index (χ1v) is 9.64. The second-order valence-corrected chi connectivity index (χ2v) is 7.66. The van der Waals surface area contributed by atoms with E-state index < -0.39 is 21.7 Å². The number of anilines is 2. The first-order valence-electron chi connectivity index (χ1n) is 7.75. The van der Waals surface area contributed by atoms with E-state index in [2.05, 4.69) is 15.0 Å². The van der Waals surface area contributed by atoms with Crippen LogP contribution in [0.25, 0.3) is 10.9 Å². The topological polar surface area (TPSA) is 108 Å². The number of H-pyrrole nitrogens is 1. The Kier molecular flexibility index (Phi) is 4.52. The lowest BCUT2D eigenvalue weighted by Gasteiger charge is -2.08. The fraction of sp³-hybridized carbons (Fsp3) is 0.111. The van der Waals surface area contributed by atoms with E-state index in [-0.39, 0.29) is 0 Å². The van der Waals surface area contributed by atoms with Crippen LogP contribution >= 0.6 is 0 Å². The van der Waals surface area contributed by atoms with Crippen molar-refractivity contribution in [3.8, 4) is 0 Å². The van der Waals surface area contributed by atoms with Gasteiger partial charge in [0, 0.05) is 22.3 Å². The van der Waals surface area contributed by atoms with Gasteiger partial charge in [-0.05, 0) is 31.2 Å². The van der Waals surface area contributed by atoms with E-state index in [1.165, 1.54) is 6.07 Å². The molecule has 3 aromatic rings. The molecule has 26 heavy (non-hydrogen) atoms. The van der Waals surface area contributed by atoms with Crippen LogP contribution in [0.5, 0.6) is 0 Å². The molecule has 0 unspecified atom stereocenters. The molecule has 8 heteroatoms. The Labute approximate surface area is 150 Å². The van der Waals surface area contributed by atoms with Crippen molar-refractivity contribution in [1.82, 2.24) is 4.98 Å². The van der Waals surface area contributed by atoms with E-state index in [0.717, 1.165) is 11.8 Å². The number of hydrogen-bond acceptors (Lipinski definition) is 4. The smallest absolute Gasteiger partial charge is 0.296 e. The number of aryl methyl sites for hydroxylation is 1. The lowest BCUT2D eigenvalue weighted by molar-refractivity contribution is -0.112. The fourth-order valence-corrected chi connectivity index (χ4v) is 3.30. The van der Waals surface area contributed by atoms with Crippen molar-refractivity contribution in [3.63, 3.8) is 0 Å². The number of aromatic nitrogens is 1. The molecular weight excluding hydrogens is 354 g/mol. The molecule has 0 saturated carbocycles. The van der Waals surface area contributed by atoms with E-state index >= 15 is 0 Å². The summed E-state index contributed by atoms with van der Waals surface area (Å²) in [6.07, 6.45) is 1.03. The lowest BCUT2D eigenvalue weighted by atomic mass is 10.1. The Hall–Kier alpha value is -3.13. The molecule has 1 aromatic heterocycles. The van der Waals surface area contributed by atoms with Gasteiger partial charge in [-0.1, -0.05) is 24.3 Å². The average molecular weight is 371 g/mol. The van der Waals surface area contributed by atoms with E-state index in [4.69, 9.17) is 0 Å². The average Bonchev–Trinajstić information content (AvgIpc) is 2.88. The number of rotatable bonds is 5. The summed E-state index contributed by atoms with van der Waals surface area (Å²) in [7, 11) is -3.44. The molecule has 0 fully saturated rings. The van der Waals surface area contributed by atoms with Crippen LogP contribution in [0.4, 0.5) is 11.4 Å². The van der Waals surface area contributed by atoms with E-state index in [1.54, 1.807) is 37.3 Å². The summed E-state index contributed by atoms with van der Waals surface area (Å²) in [5, 5.41) is 3.19. The van der Waals surface area contributed by atoms with Gasteiger partial charge in [-0.25, -0.2) is 8.42 Å². The third-order valence-electron chi connectivity index (χ3n) is 3.75. The van der Waals surface area contributed by atoms with Gasteiger partial charge in [-0.2, -0.15) is 0 Å². The van der Waals surface area contributed by atoms with E-state index in [1.807, 2.05) is 12.1 Å². The summed E-state index contributed by atoms with van der Waals surface area (Å²) < 4.78 is 24.9. The molecule has 1 amide bonds. The molecule has 0 spiro atoms. The molecule has 3 rings (SSSR count). The van der Waals surface area contributed by atoms with Crippen molar-refractivity contribution in [2.24, 2.45) is 0 Å². The lowest BCUT2D eigenvalue weighted by Crippen LogP contribution is -2.23. The number of carbonyl (C=O) groups is 2. The highest BCUT2D eigenvalue weighted by Gasteiger charge is 2.22. The second-order valence-electron chi connectivity index (χ2n) is 5.91. The maximum absolute atomic E-state index is 12.6. The number of benzene rings is 2. The van der Waals surface area contributed by atoms with Gasteiger partial charge in [0.1, 0.15) is 0 Å². The molecule has 0 aliphatic carbocycles. The molecule has 0 radical (unpaired) electrons. The van der Waals surface area contributed by atoms with Crippen molar-refractivity contribution < 1.29 is 18.0 Å². The maximum Gasteiger partial charge on any atom is 0.296 e. The Morgan fingerprint density at radius 3 is 2.42 bits per heavy atom. The number of sulfonamides is 1. The van der Waals surface area contributed by atoms with Gasteiger partial charge in [0.2, 0.25) is 10.0 Å². The van der Waals surface area contributed by atoms with Gasteiger partial charge in [0.25, 0.3) is 11.7 Å². The van der Waals surface area contributed by atoms with Gasteiger partial charge < -0.3 is 10.3 Å². The van der Waals surface area contributed by atoms with Gasteiger partial charge >= 0.3 is 0 Å². The molecule has 0 saturated heterocycles. The molecule has 3 N–H and O–H groups in total. The van der Waals surface area contributed by atoms with Crippen LogP contribution in [-0.4, -0.2) is 31.3 Å². The normalized spacial score (nSPS) is 11.3. The maximum atomic E-state index is 12.6. The summed E-state index contributed by atoms with van der Waals surface area (Å²) >= 11 is 0. The molecule has 1 heterocycles. The van der Waals surface area contributed by atoms with Gasteiger partial charge in [0.15, 0.2) is 0 Å². The predicted molar refractivity (Wildman–Crippen MR) is 101 cm³/mol. The third-order valence-corrected chi connectivity index (χ3v) is 4.36. The summed E-state index contributed by atoms with van der Waals surface area (Å²) in [6, 6.07) is 13.4. The Balaban J connectivity index is 1.85. The fourth-order valence-electron chi connectivity index (χ4n) is 2.75. The summed E-state index contributed by atoms with van der Waals surface area (Å²) in [6.45, 7) is 1.73. The standard InChI is InChI=1S/C18H17N3O4S/c1-11-16(14-8-3-4-9-15(14)19-11)17(22)18(23)20-12-6-5-7-13(10-12)21-26(2,24)25/h3-10,19,21H,1-2H3,(H,20,23). The largest absolute Gasteiger partial charge is 0.358 e. The molecule has 7 nitrogen and oxygen atoms in total. The first-order chi connectivity index (χ1) is 12.2. The summed E-state index contributed by atoms with van der Waals surface area (Å²) in [5.74, 6) is -1.46. The molecule has 0 aliphatic rings. The van der Waals surface area contributed by atoms with Crippen molar-refractivity contribution in [3.05, 3.63) is 59.8 Å². The van der Waals surface area contributed by atoms with Crippen LogP contribution in [0.1, 0.15) is 16.1 Å². The highest BCUT2D eigenvalue weighted by molar-refractivity contribution is 7.92. The number of fused-ring (bicyclic) bond motifs is 1. The SMILES string of the molecule is Cc1[nH]c2ccccc2c1C(=O)C(=O)Nc1cccc(NS(C)(=O)=O)c1. The van der Waals surface area contributed by atoms with Crippen LogP contribution in [-0.2, 0) is 14.8 Å². The Morgan fingerprint density at radius 1 is 1.00 bits per heavy atom. The van der Waals surface area contributed by atoms with E-state index in [9.17, 15) is 18.0 Å². The monoisotopic (exact) mass is 371 g/mol. The molecular formula is C18H17N3O4S. The van der Waals surface area contributed by atoms with Gasteiger partial charge in [-0.3, -0.25) is 14.3 Å². The second kappa shape index (κ2) is 6.64. The zero-order chi connectivity index (χ0) is 18.9. The van der Waals surface area contributed by atoms with Crippen LogP contribution < -0.4 is 10.0 Å². The van der Waals surface area contributed by atoms with Gasteiger partial charge in [0.05, 0.1) is 17.5 Å². The minimum Gasteiger partial charge on any atom is -0.358 e. The number of nitrogens with one attached hydrogen (secondary N) is 3. The van der Waals surface area contributed by atoms with Crippen molar-refractivity contribution in [2.45, 2.75) is 6.92 Å². The third kappa shape index (κ3) is 3.75. The summed E-state index contributed by atoms with van der Waals surface area (Å²) in [4.78, 5) is 28.1. The number of amides is 1. The number of hydrogen-bond donors (Lipinski definition) is 3. The van der Waals surface area contributed by atoms with Crippen LogP contribution in [0, 0.1) is 6.92 Å². The van der Waals surface area contributed by atoms with Crippen molar-refractivity contribution >= 4 is 44.0 Å². The number of carbonyl (C=O) groups excluding carboxylic acids is 2. The minimum atomic E-state index is -3.44. The summed E-state index contributed by atoms with van der Waals surface area (Å²) in [5.41, 5.74) is 2.32. The highest BCUT2D eigenvalue weighted by Crippen LogP contribution is 2.23. The number of ketones is 1. The van der Waals surface area contributed by atoms with Gasteiger partial charge in [-0.15, -0.1) is 0 Å². The zero-order valence-corrected chi connectivity index (χ0v) is 15.0. The molecule has 0 atom stereocenters. The van der Waals surface area contributed by atoms with Crippen LogP contribution in [0.3, 0.4) is 0 Å². The molecule has 134 valence electrons. The van der Waals surface area contributed by atoms with Crippen molar-refractivity contribution in [2.75, 3.05) is 16.3 Å². The van der Waals surface area contributed by atoms with E-state index in [0.29, 0.717) is 28.0 Å². The Morgan fingerprint density at radius 2 is 1.69 bits per heavy atom. The number of aromatic amines is 1. The first kappa shape index (κ1) is 17.7. The number of para-hydroxylation sites is 1. The molecule has 0 aliphatic heterocycles.